The fourth-order valence-corrected chi connectivity index (χ4v) is 3.65. The van der Waals surface area contributed by atoms with Gasteiger partial charge in [-0.05, 0) is 41.5 Å². The van der Waals surface area contributed by atoms with Gasteiger partial charge in [-0.2, -0.15) is 0 Å². The van der Waals surface area contributed by atoms with E-state index in [4.69, 9.17) is 10.7 Å². The van der Waals surface area contributed by atoms with Crippen LogP contribution in [-0.2, 0) is 9.05 Å². The van der Waals surface area contributed by atoms with Crippen LogP contribution in [0.1, 0.15) is 43.6 Å². The molecule has 0 bridgehead atoms. The van der Waals surface area contributed by atoms with E-state index in [0.29, 0.717) is 11.1 Å². The summed E-state index contributed by atoms with van der Waals surface area (Å²) in [6, 6.07) is 4.48. The van der Waals surface area contributed by atoms with Crippen LogP contribution < -0.4 is 5.32 Å². The van der Waals surface area contributed by atoms with Crippen LogP contribution in [0.15, 0.2) is 23.1 Å². The van der Waals surface area contributed by atoms with Crippen molar-refractivity contribution in [2.24, 2.45) is 10.8 Å². The smallest absolute Gasteiger partial charge is 0.261 e. The summed E-state index contributed by atoms with van der Waals surface area (Å²) in [6.45, 7) is 10.1. The van der Waals surface area contributed by atoms with Gasteiger partial charge in [0.25, 0.3) is 15.0 Å². The molecule has 1 N–H and O–H groups in total. The van der Waals surface area contributed by atoms with Crippen molar-refractivity contribution in [2.75, 3.05) is 0 Å². The van der Waals surface area contributed by atoms with Gasteiger partial charge in [-0.25, -0.2) is 8.42 Å². The number of hydrogen-bond donors (Lipinski definition) is 1. The zero-order valence-corrected chi connectivity index (χ0v) is 14.4. The summed E-state index contributed by atoms with van der Waals surface area (Å²) in [5.74, 6) is -0.274. The van der Waals surface area contributed by atoms with Crippen LogP contribution in [0.3, 0.4) is 0 Å². The topological polar surface area (TPSA) is 63.2 Å². The first-order valence-corrected chi connectivity index (χ1v) is 9.05. The van der Waals surface area contributed by atoms with Crippen LogP contribution in [0, 0.1) is 17.8 Å². The van der Waals surface area contributed by atoms with Crippen LogP contribution in [0.4, 0.5) is 0 Å². The zero-order valence-electron chi connectivity index (χ0n) is 12.8. The second-order valence-corrected chi connectivity index (χ2v) is 9.39. The average molecular weight is 330 g/mol. The molecule has 21 heavy (non-hydrogen) atoms. The number of nitrogens with one attached hydrogen (secondary N) is 1. The molecule has 0 saturated heterocycles. The average Bonchev–Trinajstić information content (AvgIpc) is 2.69. The van der Waals surface area contributed by atoms with E-state index >= 15 is 0 Å². The quantitative estimate of drug-likeness (QED) is 0.867. The van der Waals surface area contributed by atoms with E-state index in [2.05, 4.69) is 33.0 Å². The molecular formula is C15H20ClNO3S. The van der Waals surface area contributed by atoms with Gasteiger partial charge in [-0.1, -0.05) is 27.7 Å². The lowest BCUT2D eigenvalue weighted by atomic mass is 10.0. The second kappa shape index (κ2) is 4.71. The molecule has 6 heteroatoms. The third-order valence-electron chi connectivity index (χ3n) is 4.89. The Bertz CT molecular complexity index is 694. The van der Waals surface area contributed by atoms with E-state index in [9.17, 15) is 13.2 Å². The highest BCUT2D eigenvalue weighted by Gasteiger charge is 2.65. The van der Waals surface area contributed by atoms with Crippen molar-refractivity contribution in [2.45, 2.75) is 45.6 Å². The second-order valence-electron chi connectivity index (χ2n) is 6.82. The van der Waals surface area contributed by atoms with Crippen LogP contribution in [0.2, 0.25) is 0 Å². The summed E-state index contributed by atoms with van der Waals surface area (Å²) in [7, 11) is 1.51. The number of benzene rings is 1. The molecule has 0 radical (unpaired) electrons. The highest BCUT2D eigenvalue weighted by Crippen LogP contribution is 2.62. The van der Waals surface area contributed by atoms with Gasteiger partial charge in [-0.3, -0.25) is 4.79 Å². The largest absolute Gasteiger partial charge is 0.348 e. The molecule has 2 rings (SSSR count). The van der Waals surface area contributed by atoms with Gasteiger partial charge in [-0.15, -0.1) is 0 Å². The lowest BCUT2D eigenvalue weighted by molar-refractivity contribution is 0.0943. The summed E-state index contributed by atoms with van der Waals surface area (Å²) < 4.78 is 22.9. The Kier molecular flexibility index (Phi) is 3.66. The molecule has 0 unspecified atom stereocenters. The molecule has 4 nitrogen and oxygen atoms in total. The number of carbonyl (C=O) groups excluding carboxylic acids is 1. The number of rotatable bonds is 3. The molecule has 0 heterocycles. The van der Waals surface area contributed by atoms with Crippen molar-refractivity contribution in [1.29, 1.82) is 0 Å². The standard InChI is InChI=1S/C15H20ClNO3S/c1-9-6-10(8-11(7-9)21(16,19)20)12(18)17-13-14(2,3)15(13,4)5/h6-8,13H,1-5H3,(H,17,18). The minimum absolute atomic E-state index is 0.0217. The third kappa shape index (κ3) is 2.81. The van der Waals surface area contributed by atoms with E-state index < -0.39 is 9.05 Å². The molecule has 1 fully saturated rings. The Morgan fingerprint density at radius 3 is 2.10 bits per heavy atom. The Morgan fingerprint density at radius 2 is 1.67 bits per heavy atom. The first kappa shape index (κ1) is 16.3. The Morgan fingerprint density at radius 1 is 1.14 bits per heavy atom. The van der Waals surface area contributed by atoms with Gasteiger partial charge in [0, 0.05) is 22.3 Å². The van der Waals surface area contributed by atoms with Crippen LogP contribution >= 0.6 is 10.7 Å². The lowest BCUT2D eigenvalue weighted by Gasteiger charge is -2.09. The molecule has 0 aromatic heterocycles. The normalized spacial score (nSPS) is 20.1. The van der Waals surface area contributed by atoms with E-state index in [-0.39, 0.29) is 27.7 Å². The summed E-state index contributed by atoms with van der Waals surface area (Å²) in [6.07, 6.45) is 0. The number of aryl methyl sites for hydroxylation is 1. The van der Waals surface area contributed by atoms with Crippen molar-refractivity contribution >= 4 is 25.6 Å². The fraction of sp³-hybridized carbons (Fsp3) is 0.533. The van der Waals surface area contributed by atoms with Gasteiger partial charge in [0.2, 0.25) is 0 Å². The van der Waals surface area contributed by atoms with Crippen LogP contribution in [-0.4, -0.2) is 20.4 Å². The van der Waals surface area contributed by atoms with Gasteiger partial charge in [0.15, 0.2) is 0 Å². The molecule has 1 aromatic rings. The predicted molar refractivity (Wildman–Crippen MR) is 83.0 cm³/mol. The van der Waals surface area contributed by atoms with E-state index in [1.807, 2.05) is 0 Å². The van der Waals surface area contributed by atoms with Crippen molar-refractivity contribution in [3.63, 3.8) is 0 Å². The number of halogens is 1. The van der Waals surface area contributed by atoms with Gasteiger partial charge in [0.1, 0.15) is 0 Å². The van der Waals surface area contributed by atoms with Gasteiger partial charge in [0.05, 0.1) is 4.90 Å². The van der Waals surface area contributed by atoms with Crippen molar-refractivity contribution in [3.05, 3.63) is 29.3 Å². The fourth-order valence-electron chi connectivity index (χ4n) is 2.79. The molecular weight excluding hydrogens is 310 g/mol. The van der Waals surface area contributed by atoms with Gasteiger partial charge >= 0.3 is 0 Å². The van der Waals surface area contributed by atoms with Crippen LogP contribution in [0.5, 0.6) is 0 Å². The molecule has 116 valence electrons. The molecule has 0 aliphatic heterocycles. The van der Waals surface area contributed by atoms with Crippen molar-refractivity contribution < 1.29 is 13.2 Å². The minimum atomic E-state index is -3.85. The Hall–Kier alpha value is -1.07. The predicted octanol–water partition coefficient (Wildman–Crippen LogP) is 3.09. The SMILES string of the molecule is Cc1cc(C(=O)NC2C(C)(C)C2(C)C)cc(S(=O)(=O)Cl)c1. The molecule has 0 atom stereocenters. The summed E-state index contributed by atoms with van der Waals surface area (Å²) in [5.41, 5.74) is 1.03. The molecule has 0 spiro atoms. The highest BCUT2D eigenvalue weighted by molar-refractivity contribution is 8.13. The maximum absolute atomic E-state index is 12.4. The van der Waals surface area contributed by atoms with Crippen molar-refractivity contribution in [1.82, 2.24) is 5.32 Å². The number of amides is 1. The highest BCUT2D eigenvalue weighted by atomic mass is 35.7. The summed E-state index contributed by atoms with van der Waals surface area (Å²) >= 11 is 0. The maximum Gasteiger partial charge on any atom is 0.261 e. The maximum atomic E-state index is 12.4. The Balaban J connectivity index is 2.28. The van der Waals surface area contributed by atoms with Gasteiger partial charge < -0.3 is 5.32 Å². The minimum Gasteiger partial charge on any atom is -0.348 e. The van der Waals surface area contributed by atoms with Crippen molar-refractivity contribution in [3.8, 4) is 0 Å². The molecule has 1 amide bonds. The molecule has 1 aliphatic carbocycles. The lowest BCUT2D eigenvalue weighted by Crippen LogP contribution is -2.29. The first-order valence-electron chi connectivity index (χ1n) is 6.74. The van der Waals surface area contributed by atoms with E-state index in [0.717, 1.165) is 0 Å². The molecule has 1 aliphatic rings. The van der Waals surface area contributed by atoms with E-state index in [1.165, 1.54) is 12.1 Å². The monoisotopic (exact) mass is 329 g/mol. The molecule has 1 saturated carbocycles. The molecule has 1 aromatic carbocycles. The first-order chi connectivity index (χ1) is 9.37. The summed E-state index contributed by atoms with van der Waals surface area (Å²) in [5, 5.41) is 2.98. The summed E-state index contributed by atoms with van der Waals surface area (Å²) in [4.78, 5) is 12.3. The number of carbonyl (C=O) groups is 1. The third-order valence-corrected chi connectivity index (χ3v) is 6.22. The zero-order chi connectivity index (χ0) is 16.2. The number of hydrogen-bond acceptors (Lipinski definition) is 3. The van der Waals surface area contributed by atoms with Crippen LogP contribution in [0.25, 0.3) is 0 Å². The van der Waals surface area contributed by atoms with E-state index in [1.54, 1.807) is 13.0 Å². The Labute approximate surface area is 130 Å².